The highest BCUT2D eigenvalue weighted by atomic mass is 32.2. The van der Waals surface area contributed by atoms with Crippen LogP contribution in [0, 0.1) is 17.7 Å². The van der Waals surface area contributed by atoms with Crippen LogP contribution < -0.4 is 4.74 Å². The molecule has 3 aromatic rings. The Bertz CT molecular complexity index is 1100. The minimum atomic E-state index is -1.09. The molecule has 1 aromatic carbocycles. The van der Waals surface area contributed by atoms with Gasteiger partial charge in [0.05, 0.1) is 12.6 Å². The Hall–Kier alpha value is -2.29. The maximum atomic E-state index is 15.4. The van der Waals surface area contributed by atoms with E-state index in [1.165, 1.54) is 17.8 Å². The first-order valence-electron chi connectivity index (χ1n) is 12.2. The Balaban J connectivity index is 1.26. The van der Waals surface area contributed by atoms with Gasteiger partial charge in [-0.1, -0.05) is 0 Å². The molecule has 8 heteroatoms. The number of nitrogens with zero attached hydrogens (tertiary/aromatic N) is 3. The average molecular weight is 502 g/mol. The SMILES string of the molecule is COc1ccc2nccc([C@H](F)CC[C@@H]3CCN(CCCSc4ncccc4F)C[C@@H]3CO)c2c1. The van der Waals surface area contributed by atoms with Crippen molar-refractivity contribution in [2.24, 2.45) is 11.8 Å². The zero-order valence-electron chi connectivity index (χ0n) is 20.1. The van der Waals surface area contributed by atoms with Crippen LogP contribution in [0.25, 0.3) is 10.9 Å². The van der Waals surface area contributed by atoms with Crippen molar-refractivity contribution in [2.45, 2.75) is 36.9 Å². The van der Waals surface area contributed by atoms with Crippen molar-refractivity contribution < 1.29 is 18.6 Å². The fraction of sp³-hybridized carbons (Fsp3) is 0.481. The van der Waals surface area contributed by atoms with Crippen molar-refractivity contribution in [1.82, 2.24) is 14.9 Å². The van der Waals surface area contributed by atoms with Crippen LogP contribution in [0.3, 0.4) is 0 Å². The van der Waals surface area contributed by atoms with Crippen LogP contribution in [0.2, 0.25) is 0 Å². The average Bonchev–Trinajstić information content (AvgIpc) is 2.90. The van der Waals surface area contributed by atoms with Gasteiger partial charge in [-0.05, 0) is 92.6 Å². The summed E-state index contributed by atoms with van der Waals surface area (Å²) in [6.45, 7) is 2.77. The lowest BCUT2D eigenvalue weighted by atomic mass is 9.81. The van der Waals surface area contributed by atoms with Gasteiger partial charge in [0.25, 0.3) is 0 Å². The number of aromatic nitrogens is 2. The summed E-state index contributed by atoms with van der Waals surface area (Å²) >= 11 is 1.44. The number of hydrogen-bond acceptors (Lipinski definition) is 6. The van der Waals surface area contributed by atoms with Gasteiger partial charge in [0.15, 0.2) is 5.82 Å². The second-order valence-corrected chi connectivity index (χ2v) is 10.2. The topological polar surface area (TPSA) is 58.5 Å². The molecule has 0 unspecified atom stereocenters. The quantitative estimate of drug-likeness (QED) is 0.269. The van der Waals surface area contributed by atoms with Crippen LogP contribution in [-0.4, -0.2) is 59.1 Å². The van der Waals surface area contributed by atoms with E-state index in [0.29, 0.717) is 28.7 Å². The van der Waals surface area contributed by atoms with Gasteiger partial charge in [0.1, 0.15) is 16.9 Å². The second kappa shape index (κ2) is 12.6. The summed E-state index contributed by atoms with van der Waals surface area (Å²) in [6, 6.07) is 10.3. The van der Waals surface area contributed by atoms with E-state index in [1.807, 2.05) is 18.2 Å². The van der Waals surface area contributed by atoms with Crippen LogP contribution in [0.1, 0.15) is 37.4 Å². The zero-order valence-corrected chi connectivity index (χ0v) is 20.9. The van der Waals surface area contributed by atoms with Gasteiger partial charge in [-0.2, -0.15) is 0 Å². The van der Waals surface area contributed by atoms with E-state index in [9.17, 15) is 9.50 Å². The monoisotopic (exact) mass is 501 g/mol. The van der Waals surface area contributed by atoms with Crippen molar-refractivity contribution in [3.05, 3.63) is 60.2 Å². The van der Waals surface area contributed by atoms with Crippen molar-refractivity contribution in [3.63, 3.8) is 0 Å². The molecule has 1 fully saturated rings. The summed E-state index contributed by atoms with van der Waals surface area (Å²) in [7, 11) is 1.60. The van der Waals surface area contributed by atoms with E-state index in [4.69, 9.17) is 4.74 Å². The van der Waals surface area contributed by atoms with Crippen LogP contribution >= 0.6 is 11.8 Å². The third-order valence-corrected chi connectivity index (χ3v) is 7.97. The fourth-order valence-corrected chi connectivity index (χ4v) is 5.75. The largest absolute Gasteiger partial charge is 0.497 e. The molecule has 5 nitrogen and oxygen atoms in total. The van der Waals surface area contributed by atoms with E-state index >= 15 is 4.39 Å². The number of rotatable bonds is 11. The smallest absolute Gasteiger partial charge is 0.155 e. The Morgan fingerprint density at radius 3 is 2.89 bits per heavy atom. The van der Waals surface area contributed by atoms with E-state index in [1.54, 1.807) is 31.6 Å². The third-order valence-electron chi connectivity index (χ3n) is 6.90. The number of piperidine rings is 1. The van der Waals surface area contributed by atoms with Gasteiger partial charge in [-0.25, -0.2) is 13.8 Å². The van der Waals surface area contributed by atoms with Gasteiger partial charge in [-0.15, -0.1) is 11.8 Å². The molecule has 0 radical (unpaired) electrons. The zero-order chi connectivity index (χ0) is 24.6. The number of aliphatic hydroxyl groups excluding tert-OH is 1. The molecule has 0 aliphatic carbocycles. The molecule has 0 amide bonds. The fourth-order valence-electron chi connectivity index (χ4n) is 4.94. The highest BCUT2D eigenvalue weighted by Gasteiger charge is 2.29. The lowest BCUT2D eigenvalue weighted by Gasteiger charge is -2.38. The summed E-state index contributed by atoms with van der Waals surface area (Å²) in [5.41, 5.74) is 1.41. The Labute approximate surface area is 209 Å². The number of aliphatic hydroxyl groups is 1. The van der Waals surface area contributed by atoms with Crippen LogP contribution in [0.4, 0.5) is 8.78 Å². The minimum absolute atomic E-state index is 0.113. The van der Waals surface area contributed by atoms with Gasteiger partial charge in [0.2, 0.25) is 0 Å². The molecule has 0 spiro atoms. The van der Waals surface area contributed by atoms with Crippen molar-refractivity contribution in [1.29, 1.82) is 0 Å². The number of likely N-dealkylation sites (tertiary alicyclic amines) is 1. The van der Waals surface area contributed by atoms with Crippen LogP contribution in [0.15, 0.2) is 53.8 Å². The van der Waals surface area contributed by atoms with Crippen molar-refractivity contribution >= 4 is 22.7 Å². The molecule has 3 heterocycles. The van der Waals surface area contributed by atoms with Crippen molar-refractivity contribution in [3.8, 4) is 5.75 Å². The summed E-state index contributed by atoms with van der Waals surface area (Å²) in [4.78, 5) is 10.8. The number of hydrogen-bond donors (Lipinski definition) is 1. The first-order valence-corrected chi connectivity index (χ1v) is 13.2. The summed E-state index contributed by atoms with van der Waals surface area (Å²) < 4.78 is 34.4. The third kappa shape index (κ3) is 6.68. The molecule has 35 heavy (non-hydrogen) atoms. The Morgan fingerprint density at radius 2 is 2.09 bits per heavy atom. The lowest BCUT2D eigenvalue weighted by Crippen LogP contribution is -2.42. The first-order chi connectivity index (χ1) is 17.1. The summed E-state index contributed by atoms with van der Waals surface area (Å²) in [6.07, 6.45) is 5.21. The Morgan fingerprint density at radius 1 is 1.20 bits per heavy atom. The highest BCUT2D eigenvalue weighted by molar-refractivity contribution is 7.99. The number of pyridine rings is 2. The first kappa shape index (κ1) is 25.8. The molecule has 1 saturated heterocycles. The molecule has 0 bridgehead atoms. The van der Waals surface area contributed by atoms with E-state index < -0.39 is 6.17 Å². The van der Waals surface area contributed by atoms with E-state index in [2.05, 4.69) is 14.9 Å². The number of halogens is 2. The van der Waals surface area contributed by atoms with Gasteiger partial charge in [0, 0.05) is 36.7 Å². The number of fused-ring (bicyclic) bond motifs is 1. The molecular weight excluding hydrogens is 468 g/mol. The molecular formula is C27H33F2N3O2S. The minimum Gasteiger partial charge on any atom is -0.497 e. The number of methoxy groups -OCH3 is 1. The lowest BCUT2D eigenvalue weighted by molar-refractivity contribution is 0.0640. The maximum absolute atomic E-state index is 15.4. The molecule has 1 aliphatic heterocycles. The van der Waals surface area contributed by atoms with Gasteiger partial charge < -0.3 is 14.7 Å². The predicted octanol–water partition coefficient (Wildman–Crippen LogP) is 5.68. The highest BCUT2D eigenvalue weighted by Crippen LogP contribution is 2.35. The van der Waals surface area contributed by atoms with E-state index in [0.717, 1.165) is 55.6 Å². The molecule has 3 atom stereocenters. The molecule has 188 valence electrons. The number of thioether (sulfide) groups is 1. The summed E-state index contributed by atoms with van der Waals surface area (Å²) in [5, 5.41) is 11.2. The van der Waals surface area contributed by atoms with Crippen molar-refractivity contribution in [2.75, 3.05) is 39.1 Å². The maximum Gasteiger partial charge on any atom is 0.155 e. The predicted molar refractivity (Wildman–Crippen MR) is 136 cm³/mol. The standard InChI is InChI=1S/C27H33F2N3O2S/c1-34-21-6-8-26-23(16-21)22(9-12-30-26)24(28)7-5-19-10-14-32(17-20(19)18-33)13-3-15-35-27-25(29)4-2-11-31-27/h2,4,6,8-9,11-12,16,19-20,24,33H,3,5,7,10,13-15,17-18H2,1H3/t19-,20-,24-/m1/s1. The normalized spacial score (nSPS) is 19.7. The molecule has 4 rings (SSSR count). The number of ether oxygens (including phenoxy) is 1. The van der Waals surface area contributed by atoms with Gasteiger partial charge >= 0.3 is 0 Å². The molecule has 0 saturated carbocycles. The van der Waals surface area contributed by atoms with E-state index in [-0.39, 0.29) is 18.3 Å². The Kier molecular flexibility index (Phi) is 9.29. The van der Waals surface area contributed by atoms with Crippen LogP contribution in [-0.2, 0) is 0 Å². The van der Waals surface area contributed by atoms with Gasteiger partial charge in [-0.3, -0.25) is 4.98 Å². The number of benzene rings is 1. The molecule has 2 aromatic heterocycles. The number of alkyl halides is 1. The molecule has 1 N–H and O–H groups in total. The second-order valence-electron chi connectivity index (χ2n) is 9.11. The summed E-state index contributed by atoms with van der Waals surface area (Å²) in [5.74, 6) is 1.66. The molecule has 1 aliphatic rings. The van der Waals surface area contributed by atoms with Crippen LogP contribution in [0.5, 0.6) is 5.75 Å².